The van der Waals surface area contributed by atoms with E-state index in [-0.39, 0.29) is 6.47 Å². The fraction of sp³-hybridized carbons (Fsp3) is 0.417. The van der Waals surface area contributed by atoms with Crippen LogP contribution >= 0.6 is 27.7 Å². The summed E-state index contributed by atoms with van der Waals surface area (Å²) in [5, 5.41) is 16.6. The molecule has 174 valence electrons. The number of likely N-dealkylation sites (tertiary alicyclic amines) is 1. The number of rotatable bonds is 7. The number of nitrogens with zero attached hydrogens (tertiary/aromatic N) is 5. The highest BCUT2D eigenvalue weighted by Crippen LogP contribution is 2.59. The van der Waals surface area contributed by atoms with E-state index in [0.29, 0.717) is 5.41 Å². The van der Waals surface area contributed by atoms with Gasteiger partial charge in [0.1, 0.15) is 0 Å². The topological polar surface area (TPSA) is 84.1 Å². The van der Waals surface area contributed by atoms with Crippen molar-refractivity contribution in [3.8, 4) is 11.4 Å². The van der Waals surface area contributed by atoms with Gasteiger partial charge in [0, 0.05) is 53.2 Å². The summed E-state index contributed by atoms with van der Waals surface area (Å²) in [6.45, 7) is 5.36. The number of aryl methyl sites for hydroxylation is 1. The van der Waals surface area contributed by atoms with Crippen LogP contribution in [0.2, 0.25) is 0 Å². The molecule has 5 rings (SSSR count). The first kappa shape index (κ1) is 23.9. The van der Waals surface area contributed by atoms with E-state index in [1.54, 1.807) is 11.8 Å². The Morgan fingerprint density at radius 1 is 1.24 bits per heavy atom. The second-order valence-corrected chi connectivity index (χ2v) is 10.6. The average Bonchev–Trinajstić information content (AvgIpc) is 3.18. The Labute approximate surface area is 206 Å². The van der Waals surface area contributed by atoms with E-state index in [4.69, 9.17) is 9.90 Å². The van der Waals surface area contributed by atoms with Crippen molar-refractivity contribution >= 4 is 34.2 Å². The highest BCUT2D eigenvalue weighted by atomic mass is 79.9. The first-order valence-electron chi connectivity index (χ1n) is 11.0. The van der Waals surface area contributed by atoms with E-state index in [2.05, 4.69) is 70.9 Å². The smallest absolute Gasteiger partial charge is 0.290 e. The molecule has 3 aromatic rings. The largest absolute Gasteiger partial charge is 0.483 e. The minimum absolute atomic E-state index is 0.250. The molecule has 2 atom stereocenters. The van der Waals surface area contributed by atoms with Gasteiger partial charge in [-0.3, -0.25) is 9.78 Å². The second kappa shape index (κ2) is 10.4. The van der Waals surface area contributed by atoms with Gasteiger partial charge in [-0.05, 0) is 62.1 Å². The fourth-order valence-corrected chi connectivity index (χ4v) is 5.83. The predicted molar refractivity (Wildman–Crippen MR) is 133 cm³/mol. The number of benzene rings is 1. The number of piperidine rings is 1. The van der Waals surface area contributed by atoms with Gasteiger partial charge in [-0.1, -0.05) is 39.8 Å². The molecular weight excluding hydrogens is 502 g/mol. The van der Waals surface area contributed by atoms with Crippen molar-refractivity contribution in [2.24, 2.45) is 13.0 Å². The lowest BCUT2D eigenvalue weighted by Gasteiger charge is -2.21. The lowest BCUT2D eigenvalue weighted by Crippen LogP contribution is -2.27. The maximum atomic E-state index is 8.36. The van der Waals surface area contributed by atoms with Gasteiger partial charge in [-0.2, -0.15) is 0 Å². The number of carbonyl (C=O) groups is 1. The Kier molecular flexibility index (Phi) is 7.51. The molecule has 0 spiro atoms. The molecule has 1 saturated heterocycles. The van der Waals surface area contributed by atoms with Crippen LogP contribution in [0.5, 0.6) is 0 Å². The van der Waals surface area contributed by atoms with Crippen LogP contribution in [0.25, 0.3) is 11.4 Å². The zero-order valence-corrected chi connectivity index (χ0v) is 21.2. The number of aromatic nitrogens is 4. The number of hydrogen-bond donors (Lipinski definition) is 1. The summed E-state index contributed by atoms with van der Waals surface area (Å²) in [6.07, 6.45) is 4.39. The van der Waals surface area contributed by atoms with E-state index in [0.717, 1.165) is 44.9 Å². The highest BCUT2D eigenvalue weighted by Gasteiger charge is 2.60. The highest BCUT2D eigenvalue weighted by molar-refractivity contribution is 9.10. The molecule has 0 amide bonds. The lowest BCUT2D eigenvalue weighted by atomic mass is 9.95. The third-order valence-corrected chi connectivity index (χ3v) is 8.12. The molecular formula is C24H28BrN5O2S. The molecule has 2 aliphatic rings. The van der Waals surface area contributed by atoms with Crippen molar-refractivity contribution in [2.45, 2.75) is 30.3 Å². The van der Waals surface area contributed by atoms with Gasteiger partial charge >= 0.3 is 0 Å². The summed E-state index contributed by atoms with van der Waals surface area (Å²) < 4.78 is 3.24. The van der Waals surface area contributed by atoms with E-state index in [9.17, 15) is 0 Å². The van der Waals surface area contributed by atoms with Gasteiger partial charge in [0.2, 0.25) is 0 Å². The molecule has 0 bridgehead atoms. The van der Waals surface area contributed by atoms with E-state index >= 15 is 0 Å². The molecule has 2 aromatic heterocycles. The quantitative estimate of drug-likeness (QED) is 0.275. The van der Waals surface area contributed by atoms with Crippen LogP contribution in [0.15, 0.2) is 52.2 Å². The molecule has 1 aromatic carbocycles. The van der Waals surface area contributed by atoms with Crippen molar-refractivity contribution in [3.05, 3.63) is 58.3 Å². The summed E-state index contributed by atoms with van der Waals surface area (Å²) >= 11 is 5.35. The Balaban J connectivity index is 0.000000821. The SMILES string of the molecule is Cc1ccc(-c2nnc(SCCCN3C[C@H]4C[C@@]4(c4ccc(Br)cc4)C3)n2C)cn1.O=CO. The first-order valence-corrected chi connectivity index (χ1v) is 12.8. The molecule has 0 radical (unpaired) electrons. The Morgan fingerprint density at radius 2 is 2.00 bits per heavy atom. The molecule has 0 unspecified atom stereocenters. The third kappa shape index (κ3) is 5.31. The maximum absolute atomic E-state index is 8.36. The third-order valence-electron chi connectivity index (χ3n) is 6.49. The molecule has 1 N–H and O–H groups in total. The van der Waals surface area contributed by atoms with E-state index in [1.807, 2.05) is 26.2 Å². The van der Waals surface area contributed by atoms with Crippen LogP contribution in [0.4, 0.5) is 0 Å². The zero-order chi connectivity index (χ0) is 23.4. The van der Waals surface area contributed by atoms with Crippen LogP contribution in [0.3, 0.4) is 0 Å². The molecule has 1 aliphatic carbocycles. The standard InChI is InChI=1S/C23H26BrN5S.CH2O2/c1-16-4-5-17(13-25-16)21-26-27-22(28(21)2)30-11-3-10-29-14-19-12-23(19,15-29)18-6-8-20(24)9-7-18;2-1-3/h4-9,13,19H,3,10-12,14-15H2,1-2H3;1H,(H,2,3)/t19-,23+;/m1./s1. The van der Waals surface area contributed by atoms with Gasteiger partial charge < -0.3 is 14.6 Å². The molecule has 2 fully saturated rings. The Hall–Kier alpha value is -2.23. The van der Waals surface area contributed by atoms with Crippen molar-refractivity contribution in [2.75, 3.05) is 25.4 Å². The molecule has 9 heteroatoms. The molecule has 7 nitrogen and oxygen atoms in total. The van der Waals surface area contributed by atoms with Crippen molar-refractivity contribution in [1.82, 2.24) is 24.6 Å². The van der Waals surface area contributed by atoms with Crippen LogP contribution in [-0.4, -0.2) is 61.6 Å². The number of hydrogen-bond acceptors (Lipinski definition) is 6. The van der Waals surface area contributed by atoms with Crippen molar-refractivity contribution in [1.29, 1.82) is 0 Å². The zero-order valence-electron chi connectivity index (χ0n) is 18.8. The number of carboxylic acid groups (broad SMARTS) is 1. The minimum atomic E-state index is -0.250. The monoisotopic (exact) mass is 529 g/mol. The van der Waals surface area contributed by atoms with Gasteiger partial charge in [0.15, 0.2) is 11.0 Å². The van der Waals surface area contributed by atoms with Gasteiger partial charge in [0.05, 0.1) is 0 Å². The number of halogens is 1. The van der Waals surface area contributed by atoms with Crippen LogP contribution in [0, 0.1) is 12.8 Å². The van der Waals surface area contributed by atoms with E-state index < -0.39 is 0 Å². The number of pyridine rings is 1. The number of fused-ring (bicyclic) bond motifs is 1. The Bertz CT molecular complexity index is 1090. The fourth-order valence-electron chi connectivity index (χ4n) is 4.73. The molecule has 33 heavy (non-hydrogen) atoms. The normalized spacial score (nSPS) is 21.2. The summed E-state index contributed by atoms with van der Waals surface area (Å²) in [5.41, 5.74) is 3.97. The second-order valence-electron chi connectivity index (χ2n) is 8.66. The molecule has 1 saturated carbocycles. The summed E-state index contributed by atoms with van der Waals surface area (Å²) in [7, 11) is 2.04. The lowest BCUT2D eigenvalue weighted by molar-refractivity contribution is -0.122. The van der Waals surface area contributed by atoms with Crippen molar-refractivity contribution < 1.29 is 9.90 Å². The van der Waals surface area contributed by atoms with Crippen LogP contribution in [0.1, 0.15) is 24.1 Å². The Morgan fingerprint density at radius 3 is 2.70 bits per heavy atom. The van der Waals surface area contributed by atoms with Gasteiger partial charge in [-0.15, -0.1) is 10.2 Å². The molecule has 3 heterocycles. The first-order chi connectivity index (χ1) is 16.0. The molecule has 1 aliphatic heterocycles. The summed E-state index contributed by atoms with van der Waals surface area (Å²) in [4.78, 5) is 15.4. The summed E-state index contributed by atoms with van der Waals surface area (Å²) in [6, 6.07) is 13.0. The summed E-state index contributed by atoms with van der Waals surface area (Å²) in [5.74, 6) is 2.78. The van der Waals surface area contributed by atoms with Crippen LogP contribution in [-0.2, 0) is 17.3 Å². The van der Waals surface area contributed by atoms with E-state index in [1.165, 1.54) is 31.5 Å². The average molecular weight is 530 g/mol. The van der Waals surface area contributed by atoms with Crippen molar-refractivity contribution in [3.63, 3.8) is 0 Å². The van der Waals surface area contributed by atoms with Gasteiger partial charge in [-0.25, -0.2) is 0 Å². The predicted octanol–water partition coefficient (Wildman–Crippen LogP) is 4.40. The van der Waals surface area contributed by atoms with Crippen LogP contribution < -0.4 is 0 Å². The number of thioether (sulfide) groups is 1. The minimum Gasteiger partial charge on any atom is -0.483 e. The van der Waals surface area contributed by atoms with Gasteiger partial charge in [0.25, 0.3) is 6.47 Å². The maximum Gasteiger partial charge on any atom is 0.290 e.